The SMILES string of the molecule is N#Cc1ccccc1S(=O)(=O)N1CCN([C@@H]2CCOC2=O)CC1. The van der Waals surface area contributed by atoms with Crippen molar-refractivity contribution in [1.82, 2.24) is 9.21 Å². The van der Waals surface area contributed by atoms with Gasteiger partial charge in [-0.3, -0.25) is 9.69 Å². The molecule has 0 bridgehead atoms. The van der Waals surface area contributed by atoms with Gasteiger partial charge in [0, 0.05) is 32.6 Å². The predicted molar refractivity (Wildman–Crippen MR) is 80.9 cm³/mol. The standard InChI is InChI=1S/C15H17N3O4S/c16-11-12-3-1-2-4-14(12)23(20,21)18-8-6-17(7-9-18)13-5-10-22-15(13)19/h1-4,13H,5-10H2/t13-/m1/s1. The summed E-state index contributed by atoms with van der Waals surface area (Å²) in [5.74, 6) is -0.226. The molecular weight excluding hydrogens is 318 g/mol. The molecule has 8 heteroatoms. The predicted octanol–water partition coefficient (Wildman–Crippen LogP) is 0.180. The fourth-order valence-electron chi connectivity index (χ4n) is 3.00. The zero-order chi connectivity index (χ0) is 16.4. The smallest absolute Gasteiger partial charge is 0.323 e. The van der Waals surface area contributed by atoms with Gasteiger partial charge in [0.25, 0.3) is 0 Å². The number of rotatable bonds is 3. The highest BCUT2D eigenvalue weighted by Crippen LogP contribution is 2.23. The minimum atomic E-state index is -3.70. The lowest BCUT2D eigenvalue weighted by Crippen LogP contribution is -2.53. The molecule has 0 unspecified atom stereocenters. The van der Waals surface area contributed by atoms with Crippen LogP contribution in [-0.2, 0) is 19.6 Å². The lowest BCUT2D eigenvalue weighted by atomic mass is 10.2. The van der Waals surface area contributed by atoms with E-state index in [4.69, 9.17) is 10.00 Å². The number of carbonyl (C=O) groups is 1. The number of nitriles is 1. The number of hydrogen-bond acceptors (Lipinski definition) is 6. The zero-order valence-corrected chi connectivity index (χ0v) is 13.3. The van der Waals surface area contributed by atoms with Gasteiger partial charge in [0.2, 0.25) is 10.0 Å². The summed E-state index contributed by atoms with van der Waals surface area (Å²) >= 11 is 0. The van der Waals surface area contributed by atoms with Gasteiger partial charge in [-0.1, -0.05) is 12.1 Å². The number of benzene rings is 1. The first-order valence-electron chi connectivity index (χ1n) is 7.44. The molecule has 2 aliphatic rings. The highest BCUT2D eigenvalue weighted by molar-refractivity contribution is 7.89. The summed E-state index contributed by atoms with van der Waals surface area (Å²) in [6.07, 6.45) is 0.656. The van der Waals surface area contributed by atoms with Crippen LogP contribution in [0.25, 0.3) is 0 Å². The van der Waals surface area contributed by atoms with Gasteiger partial charge in [-0.05, 0) is 12.1 Å². The van der Waals surface area contributed by atoms with Crippen molar-refractivity contribution in [3.63, 3.8) is 0 Å². The number of sulfonamides is 1. The molecule has 1 aromatic carbocycles. The van der Waals surface area contributed by atoms with E-state index in [0.29, 0.717) is 39.2 Å². The van der Waals surface area contributed by atoms with Crippen LogP contribution in [0.15, 0.2) is 29.2 Å². The van der Waals surface area contributed by atoms with Crippen molar-refractivity contribution >= 4 is 16.0 Å². The van der Waals surface area contributed by atoms with E-state index >= 15 is 0 Å². The topological polar surface area (TPSA) is 90.7 Å². The molecule has 2 saturated heterocycles. The molecule has 0 saturated carbocycles. The summed E-state index contributed by atoms with van der Waals surface area (Å²) in [6.45, 7) is 1.98. The average Bonchev–Trinajstić information content (AvgIpc) is 3.01. The van der Waals surface area contributed by atoms with E-state index in [0.717, 1.165) is 0 Å². The molecule has 0 radical (unpaired) electrons. The second-order valence-electron chi connectivity index (χ2n) is 5.52. The fourth-order valence-corrected chi connectivity index (χ4v) is 4.56. The van der Waals surface area contributed by atoms with Gasteiger partial charge in [0.15, 0.2) is 0 Å². The van der Waals surface area contributed by atoms with E-state index in [1.807, 2.05) is 11.0 Å². The van der Waals surface area contributed by atoms with Crippen LogP contribution in [0.3, 0.4) is 0 Å². The first kappa shape index (κ1) is 15.9. The largest absolute Gasteiger partial charge is 0.464 e. The van der Waals surface area contributed by atoms with Crippen molar-refractivity contribution in [3.8, 4) is 6.07 Å². The molecule has 0 amide bonds. The molecule has 1 aromatic rings. The lowest BCUT2D eigenvalue weighted by molar-refractivity contribution is -0.142. The quantitative estimate of drug-likeness (QED) is 0.732. The maximum atomic E-state index is 12.7. The summed E-state index contributed by atoms with van der Waals surface area (Å²) in [4.78, 5) is 13.6. The van der Waals surface area contributed by atoms with Crippen LogP contribution >= 0.6 is 0 Å². The van der Waals surface area contributed by atoms with E-state index in [1.165, 1.54) is 16.4 Å². The molecule has 1 atom stereocenters. The van der Waals surface area contributed by atoms with E-state index in [2.05, 4.69) is 0 Å². The van der Waals surface area contributed by atoms with Crippen LogP contribution < -0.4 is 0 Å². The monoisotopic (exact) mass is 335 g/mol. The summed E-state index contributed by atoms with van der Waals surface area (Å²) in [7, 11) is -3.70. The van der Waals surface area contributed by atoms with Crippen molar-refractivity contribution in [2.24, 2.45) is 0 Å². The fraction of sp³-hybridized carbons (Fsp3) is 0.467. The summed E-state index contributed by atoms with van der Waals surface area (Å²) in [5, 5.41) is 9.10. The molecule has 0 aromatic heterocycles. The Kier molecular flexibility index (Phi) is 4.35. The molecule has 2 heterocycles. The van der Waals surface area contributed by atoms with Gasteiger partial charge in [0.1, 0.15) is 12.1 Å². The molecule has 0 spiro atoms. The molecular formula is C15H17N3O4S. The Balaban J connectivity index is 1.74. The Hall–Kier alpha value is -1.95. The van der Waals surface area contributed by atoms with Crippen molar-refractivity contribution in [2.45, 2.75) is 17.4 Å². The second kappa shape index (κ2) is 6.28. The first-order chi connectivity index (χ1) is 11.0. The van der Waals surface area contributed by atoms with Gasteiger partial charge in [-0.15, -0.1) is 0 Å². The minimum Gasteiger partial charge on any atom is -0.464 e. The normalized spacial score (nSPS) is 23.4. The first-order valence-corrected chi connectivity index (χ1v) is 8.88. The highest BCUT2D eigenvalue weighted by atomic mass is 32.2. The summed E-state index contributed by atoms with van der Waals surface area (Å²) in [5.41, 5.74) is 0.148. The Morgan fingerprint density at radius 2 is 1.87 bits per heavy atom. The van der Waals surface area contributed by atoms with E-state index in [-0.39, 0.29) is 22.5 Å². The second-order valence-corrected chi connectivity index (χ2v) is 7.43. The van der Waals surface area contributed by atoms with Crippen molar-refractivity contribution in [1.29, 1.82) is 5.26 Å². The van der Waals surface area contributed by atoms with Gasteiger partial charge in [-0.2, -0.15) is 9.57 Å². The van der Waals surface area contributed by atoms with Gasteiger partial charge in [0.05, 0.1) is 17.1 Å². The Morgan fingerprint density at radius 1 is 1.17 bits per heavy atom. The molecule has 2 aliphatic heterocycles. The van der Waals surface area contributed by atoms with E-state index in [1.54, 1.807) is 12.1 Å². The van der Waals surface area contributed by atoms with Gasteiger partial charge >= 0.3 is 5.97 Å². The highest BCUT2D eigenvalue weighted by Gasteiger charge is 2.37. The van der Waals surface area contributed by atoms with Crippen LogP contribution in [0.1, 0.15) is 12.0 Å². The third kappa shape index (κ3) is 2.95. The van der Waals surface area contributed by atoms with Gasteiger partial charge < -0.3 is 4.74 Å². The Bertz CT molecular complexity index is 748. The van der Waals surface area contributed by atoms with Gasteiger partial charge in [-0.25, -0.2) is 8.42 Å². The van der Waals surface area contributed by atoms with Crippen LogP contribution in [0.4, 0.5) is 0 Å². The molecule has 3 rings (SSSR count). The van der Waals surface area contributed by atoms with Crippen molar-refractivity contribution < 1.29 is 17.9 Å². The zero-order valence-electron chi connectivity index (χ0n) is 12.5. The third-order valence-corrected chi connectivity index (χ3v) is 6.20. The number of hydrogen-bond donors (Lipinski definition) is 0. The van der Waals surface area contributed by atoms with Crippen LogP contribution in [-0.4, -0.2) is 62.4 Å². The maximum absolute atomic E-state index is 12.7. The molecule has 122 valence electrons. The number of piperazine rings is 1. The van der Waals surface area contributed by atoms with E-state index in [9.17, 15) is 13.2 Å². The van der Waals surface area contributed by atoms with E-state index < -0.39 is 10.0 Å². The van der Waals surface area contributed by atoms with Crippen LogP contribution in [0.5, 0.6) is 0 Å². The maximum Gasteiger partial charge on any atom is 0.323 e. The Labute approximate surface area is 135 Å². The van der Waals surface area contributed by atoms with Crippen LogP contribution in [0, 0.1) is 11.3 Å². The molecule has 7 nitrogen and oxygen atoms in total. The lowest BCUT2D eigenvalue weighted by Gasteiger charge is -2.35. The summed E-state index contributed by atoms with van der Waals surface area (Å²) in [6, 6.07) is 7.86. The molecule has 0 aliphatic carbocycles. The van der Waals surface area contributed by atoms with Crippen molar-refractivity contribution in [3.05, 3.63) is 29.8 Å². The number of nitrogens with zero attached hydrogens (tertiary/aromatic N) is 3. The summed E-state index contributed by atoms with van der Waals surface area (Å²) < 4.78 is 31.8. The Morgan fingerprint density at radius 3 is 2.48 bits per heavy atom. The van der Waals surface area contributed by atoms with Crippen LogP contribution in [0.2, 0.25) is 0 Å². The number of ether oxygens (including phenoxy) is 1. The molecule has 23 heavy (non-hydrogen) atoms. The average molecular weight is 335 g/mol. The third-order valence-electron chi connectivity index (χ3n) is 4.25. The molecule has 2 fully saturated rings. The molecule has 0 N–H and O–H groups in total. The number of carbonyl (C=O) groups excluding carboxylic acids is 1. The number of cyclic esters (lactones) is 1. The van der Waals surface area contributed by atoms with Crippen molar-refractivity contribution in [2.75, 3.05) is 32.8 Å². The number of esters is 1. The minimum absolute atomic E-state index is 0.0382.